The van der Waals surface area contributed by atoms with Crippen LogP contribution in [0.25, 0.3) is 0 Å². The molecule has 0 saturated heterocycles. The van der Waals surface area contributed by atoms with E-state index >= 15 is 0 Å². The van der Waals surface area contributed by atoms with Crippen LogP contribution in [0.15, 0.2) is 78.7 Å². The Hall–Kier alpha value is -2.22. The number of nitrogens with zero attached hydrogens (tertiary/aromatic N) is 1. The zero-order valence-corrected chi connectivity index (χ0v) is 9.45. The third-order valence-electron chi connectivity index (χ3n) is 2.87. The molecule has 0 spiro atoms. The quantitative estimate of drug-likeness (QED) is 0.826. The molecule has 17 heavy (non-hydrogen) atoms. The fourth-order valence-corrected chi connectivity index (χ4v) is 2.04. The maximum atomic E-state index is 3.49. The molecule has 0 amide bonds. The normalized spacial score (nSPS) is 21.1. The maximum absolute atomic E-state index is 3.49. The second-order valence-corrected chi connectivity index (χ2v) is 4.04. The summed E-state index contributed by atoms with van der Waals surface area (Å²) in [6.45, 7) is 0. The van der Waals surface area contributed by atoms with Crippen LogP contribution in [0.1, 0.15) is 0 Å². The third-order valence-corrected chi connectivity index (χ3v) is 2.87. The predicted octanol–water partition coefficient (Wildman–Crippen LogP) is 3.26. The van der Waals surface area contributed by atoms with Crippen molar-refractivity contribution < 1.29 is 0 Å². The van der Waals surface area contributed by atoms with E-state index in [1.165, 1.54) is 5.70 Å². The Labute approximate surface area is 101 Å². The van der Waals surface area contributed by atoms with E-state index in [9.17, 15) is 0 Å². The molecular formula is C15H14N2. The second kappa shape index (κ2) is 4.34. The lowest BCUT2D eigenvalue weighted by Gasteiger charge is -2.33. The molecule has 0 bridgehead atoms. The molecule has 2 heterocycles. The third kappa shape index (κ3) is 2.02. The average Bonchev–Trinajstić information content (AvgIpc) is 2.40. The Bertz CT molecular complexity index is 509. The molecule has 2 heteroatoms. The fraction of sp³-hybridized carbons (Fsp3) is 0.0667. The highest BCUT2D eigenvalue weighted by molar-refractivity contribution is 5.47. The number of nitrogens with one attached hydrogen (secondary N) is 1. The van der Waals surface area contributed by atoms with E-state index in [0.29, 0.717) is 0 Å². The van der Waals surface area contributed by atoms with Gasteiger partial charge in [0.05, 0.1) is 0 Å². The van der Waals surface area contributed by atoms with E-state index in [-0.39, 0.29) is 6.17 Å². The smallest absolute Gasteiger partial charge is 0.123 e. The predicted molar refractivity (Wildman–Crippen MR) is 71.2 cm³/mol. The van der Waals surface area contributed by atoms with Crippen LogP contribution in [0.2, 0.25) is 0 Å². The Morgan fingerprint density at radius 1 is 1.00 bits per heavy atom. The van der Waals surface area contributed by atoms with Gasteiger partial charge in [-0.1, -0.05) is 30.4 Å². The van der Waals surface area contributed by atoms with Gasteiger partial charge in [0.1, 0.15) is 6.17 Å². The van der Waals surface area contributed by atoms with Crippen LogP contribution < -0.4 is 5.32 Å². The van der Waals surface area contributed by atoms with Crippen LogP contribution in [0.3, 0.4) is 0 Å². The number of rotatable bonds is 2. The molecule has 1 atom stereocenters. The largest absolute Gasteiger partial charge is 0.362 e. The van der Waals surface area contributed by atoms with Crippen molar-refractivity contribution in [3.8, 4) is 0 Å². The minimum Gasteiger partial charge on any atom is -0.362 e. The summed E-state index contributed by atoms with van der Waals surface area (Å²) < 4.78 is 0. The molecule has 1 N–H and O–H groups in total. The second-order valence-electron chi connectivity index (χ2n) is 4.04. The first-order valence-electron chi connectivity index (χ1n) is 5.77. The minimum absolute atomic E-state index is 0.179. The molecule has 2 aliphatic rings. The van der Waals surface area contributed by atoms with Crippen LogP contribution in [0.4, 0.5) is 5.69 Å². The first kappa shape index (κ1) is 9.97. The summed E-state index contributed by atoms with van der Waals surface area (Å²) in [5.74, 6) is 0. The highest BCUT2D eigenvalue weighted by Crippen LogP contribution is 2.22. The van der Waals surface area contributed by atoms with Gasteiger partial charge < -0.3 is 10.2 Å². The summed E-state index contributed by atoms with van der Waals surface area (Å²) in [6, 6.07) is 10.3. The van der Waals surface area contributed by atoms with Gasteiger partial charge in [0.2, 0.25) is 0 Å². The van der Waals surface area contributed by atoms with E-state index in [1.54, 1.807) is 0 Å². The Kier molecular flexibility index (Phi) is 2.54. The molecular weight excluding hydrogens is 208 g/mol. The number of hydrogen-bond donors (Lipinski definition) is 1. The van der Waals surface area contributed by atoms with E-state index in [2.05, 4.69) is 65.0 Å². The molecule has 3 rings (SSSR count). The van der Waals surface area contributed by atoms with Gasteiger partial charge in [-0.3, -0.25) is 0 Å². The molecule has 2 aliphatic heterocycles. The van der Waals surface area contributed by atoms with Crippen LogP contribution >= 0.6 is 0 Å². The van der Waals surface area contributed by atoms with E-state index < -0.39 is 0 Å². The summed E-state index contributed by atoms with van der Waals surface area (Å²) in [6.07, 6.45) is 14.9. The molecule has 0 radical (unpaired) electrons. The molecule has 0 fully saturated rings. The van der Waals surface area contributed by atoms with Crippen molar-refractivity contribution in [2.45, 2.75) is 6.17 Å². The lowest BCUT2D eigenvalue weighted by molar-refractivity contribution is 0.429. The number of hydrogen-bond acceptors (Lipinski definition) is 2. The van der Waals surface area contributed by atoms with E-state index in [4.69, 9.17) is 0 Å². The fourth-order valence-electron chi connectivity index (χ4n) is 2.04. The zero-order chi connectivity index (χ0) is 11.5. The SMILES string of the molecule is C1=CC2=CC=CC(Nc3ccccc3)N2C=C1. The van der Waals surface area contributed by atoms with Crippen molar-refractivity contribution in [3.63, 3.8) is 0 Å². The average molecular weight is 222 g/mol. The van der Waals surface area contributed by atoms with Crippen LogP contribution in [-0.2, 0) is 0 Å². The highest BCUT2D eigenvalue weighted by atomic mass is 15.3. The van der Waals surface area contributed by atoms with Gasteiger partial charge in [-0.05, 0) is 36.4 Å². The van der Waals surface area contributed by atoms with Crippen LogP contribution in [0.5, 0.6) is 0 Å². The topological polar surface area (TPSA) is 15.3 Å². The van der Waals surface area contributed by atoms with Crippen molar-refractivity contribution in [2.24, 2.45) is 0 Å². The maximum Gasteiger partial charge on any atom is 0.123 e. The number of benzene rings is 1. The van der Waals surface area contributed by atoms with E-state index in [1.807, 2.05) is 18.2 Å². The first-order valence-corrected chi connectivity index (χ1v) is 5.77. The summed E-state index contributed by atoms with van der Waals surface area (Å²) in [7, 11) is 0. The van der Waals surface area contributed by atoms with Gasteiger partial charge in [0.15, 0.2) is 0 Å². The molecule has 84 valence electrons. The lowest BCUT2D eigenvalue weighted by atomic mass is 10.1. The van der Waals surface area contributed by atoms with E-state index in [0.717, 1.165) is 5.69 Å². The standard InChI is InChI=1S/C15H14N2/c1-2-7-13(8-3-1)16-15-11-6-10-14-9-4-5-12-17(14)15/h1-12,15-16H. The number of para-hydroxylation sites is 1. The summed E-state index contributed by atoms with van der Waals surface area (Å²) in [5, 5.41) is 3.49. The van der Waals surface area contributed by atoms with Crippen molar-refractivity contribution in [2.75, 3.05) is 5.32 Å². The Morgan fingerprint density at radius 3 is 2.76 bits per heavy atom. The van der Waals surface area contributed by atoms with Crippen LogP contribution in [-0.4, -0.2) is 11.1 Å². The van der Waals surface area contributed by atoms with Gasteiger partial charge in [-0.2, -0.15) is 0 Å². The molecule has 0 aliphatic carbocycles. The molecule has 0 aromatic heterocycles. The summed E-state index contributed by atoms with van der Waals surface area (Å²) in [5.41, 5.74) is 2.34. The van der Waals surface area contributed by atoms with Gasteiger partial charge in [-0.25, -0.2) is 0 Å². The van der Waals surface area contributed by atoms with Gasteiger partial charge in [0.25, 0.3) is 0 Å². The van der Waals surface area contributed by atoms with Gasteiger partial charge in [0, 0.05) is 17.6 Å². The Balaban J connectivity index is 1.81. The zero-order valence-electron chi connectivity index (χ0n) is 9.45. The van der Waals surface area contributed by atoms with Crippen molar-refractivity contribution >= 4 is 5.69 Å². The number of allylic oxidation sites excluding steroid dienone is 5. The van der Waals surface area contributed by atoms with Gasteiger partial charge in [-0.15, -0.1) is 0 Å². The summed E-state index contributed by atoms with van der Waals surface area (Å²) in [4.78, 5) is 2.22. The molecule has 1 aromatic carbocycles. The highest BCUT2D eigenvalue weighted by Gasteiger charge is 2.18. The monoisotopic (exact) mass is 222 g/mol. The number of anilines is 1. The molecule has 2 nitrogen and oxygen atoms in total. The van der Waals surface area contributed by atoms with Crippen molar-refractivity contribution in [3.05, 3.63) is 78.7 Å². The van der Waals surface area contributed by atoms with Crippen molar-refractivity contribution in [1.82, 2.24) is 4.90 Å². The molecule has 1 unspecified atom stereocenters. The number of fused-ring (bicyclic) bond motifs is 1. The lowest BCUT2D eigenvalue weighted by Crippen LogP contribution is -2.36. The first-order chi connectivity index (χ1) is 8.43. The minimum atomic E-state index is 0.179. The van der Waals surface area contributed by atoms with Gasteiger partial charge >= 0.3 is 0 Å². The molecule has 1 aromatic rings. The van der Waals surface area contributed by atoms with Crippen LogP contribution in [0, 0.1) is 0 Å². The Morgan fingerprint density at radius 2 is 1.88 bits per heavy atom. The molecule has 0 saturated carbocycles. The van der Waals surface area contributed by atoms with Crippen molar-refractivity contribution in [1.29, 1.82) is 0 Å². The summed E-state index contributed by atoms with van der Waals surface area (Å²) >= 11 is 0.